The number of rotatable bonds is 12. The van der Waals surface area contributed by atoms with Gasteiger partial charge in [0.1, 0.15) is 11.9 Å². The lowest BCUT2D eigenvalue weighted by molar-refractivity contribution is -0.143. The minimum atomic E-state index is -0.974. The number of carbonyl (C=O) groups is 1. The summed E-state index contributed by atoms with van der Waals surface area (Å²) in [5.74, 6) is -0.311. The van der Waals surface area contributed by atoms with Crippen molar-refractivity contribution in [2.24, 2.45) is 0 Å². The van der Waals surface area contributed by atoms with Gasteiger partial charge in [0, 0.05) is 42.5 Å². The van der Waals surface area contributed by atoms with E-state index < -0.39 is 17.8 Å². The van der Waals surface area contributed by atoms with E-state index in [-0.39, 0.29) is 23.2 Å². The highest BCUT2D eigenvalue weighted by Crippen LogP contribution is 2.38. The molecule has 7 nitrogen and oxygen atoms in total. The molecule has 226 valence electrons. The Morgan fingerprint density at radius 2 is 2.02 bits per heavy atom. The zero-order chi connectivity index (χ0) is 29.7. The Bertz CT molecular complexity index is 1200. The van der Waals surface area contributed by atoms with E-state index in [1.165, 1.54) is 25.2 Å². The number of fused-ring (bicyclic) bond motifs is 1. The number of methoxy groups -OCH3 is 1. The number of hydrogen-bond acceptors (Lipinski definition) is 6. The van der Waals surface area contributed by atoms with Gasteiger partial charge in [-0.1, -0.05) is 26.3 Å². The molecule has 0 bridgehead atoms. The third-order valence-corrected chi connectivity index (χ3v) is 8.64. The van der Waals surface area contributed by atoms with E-state index in [0.717, 1.165) is 68.7 Å². The van der Waals surface area contributed by atoms with Crippen molar-refractivity contribution in [1.82, 2.24) is 14.8 Å². The van der Waals surface area contributed by atoms with E-state index in [1.54, 1.807) is 0 Å². The van der Waals surface area contributed by atoms with Crippen LogP contribution in [-0.4, -0.2) is 70.7 Å². The minimum absolute atomic E-state index is 0.0297. The van der Waals surface area contributed by atoms with E-state index in [4.69, 9.17) is 9.72 Å². The molecule has 41 heavy (non-hydrogen) atoms. The van der Waals surface area contributed by atoms with Crippen LogP contribution in [0.4, 0.5) is 10.2 Å². The average Bonchev–Trinajstić information content (AvgIpc) is 3.38. The molecule has 1 aromatic carbocycles. The summed E-state index contributed by atoms with van der Waals surface area (Å²) in [7, 11) is 1.41. The van der Waals surface area contributed by atoms with Crippen molar-refractivity contribution < 1.29 is 19.0 Å². The second-order valence-corrected chi connectivity index (χ2v) is 13.0. The Hall–Kier alpha value is -2.71. The SMILES string of the molecule is COc1c(F)cc(C(C)C)cc1C(C(=O)O)N1CC[C@@H](N(CCCCCc2ccc3c(n2)NCCC3)C(C)(C)C)C1. The third-order valence-electron chi connectivity index (χ3n) is 8.64. The number of aryl methyl sites for hydroxylation is 2. The van der Waals surface area contributed by atoms with Gasteiger partial charge >= 0.3 is 5.97 Å². The molecule has 1 saturated heterocycles. The van der Waals surface area contributed by atoms with Crippen LogP contribution in [0.25, 0.3) is 0 Å². The lowest BCUT2D eigenvalue weighted by atomic mass is 9.95. The normalized spacial score (nSPS) is 18.4. The van der Waals surface area contributed by atoms with Gasteiger partial charge in [-0.15, -0.1) is 0 Å². The number of aliphatic carboxylic acids is 1. The molecule has 1 fully saturated rings. The molecule has 1 unspecified atom stereocenters. The number of nitrogens with zero attached hydrogens (tertiary/aromatic N) is 3. The minimum Gasteiger partial charge on any atom is -0.493 e. The number of nitrogens with one attached hydrogen (secondary N) is 1. The average molecular weight is 569 g/mol. The van der Waals surface area contributed by atoms with Crippen molar-refractivity contribution in [3.05, 3.63) is 52.5 Å². The molecule has 0 amide bonds. The van der Waals surface area contributed by atoms with E-state index in [0.29, 0.717) is 18.7 Å². The highest BCUT2D eigenvalue weighted by atomic mass is 19.1. The summed E-state index contributed by atoms with van der Waals surface area (Å²) in [5, 5.41) is 13.8. The molecule has 0 saturated carbocycles. The van der Waals surface area contributed by atoms with Crippen molar-refractivity contribution >= 4 is 11.8 Å². The summed E-state index contributed by atoms with van der Waals surface area (Å²) < 4.78 is 20.4. The van der Waals surface area contributed by atoms with Crippen molar-refractivity contribution in [3.8, 4) is 5.75 Å². The monoisotopic (exact) mass is 568 g/mol. The number of carboxylic acids is 1. The fourth-order valence-electron chi connectivity index (χ4n) is 6.47. The Labute approximate surface area is 245 Å². The van der Waals surface area contributed by atoms with Gasteiger partial charge in [0.2, 0.25) is 0 Å². The van der Waals surface area contributed by atoms with Gasteiger partial charge < -0.3 is 15.2 Å². The lowest BCUT2D eigenvalue weighted by Gasteiger charge is -2.40. The first-order valence-electron chi connectivity index (χ1n) is 15.3. The zero-order valence-electron chi connectivity index (χ0n) is 25.8. The molecular weight excluding hydrogens is 519 g/mol. The van der Waals surface area contributed by atoms with Gasteiger partial charge in [0.05, 0.1) is 7.11 Å². The van der Waals surface area contributed by atoms with Crippen molar-refractivity contribution in [2.75, 3.05) is 38.6 Å². The largest absolute Gasteiger partial charge is 0.493 e. The highest BCUT2D eigenvalue weighted by Gasteiger charge is 2.40. The van der Waals surface area contributed by atoms with Crippen molar-refractivity contribution in [1.29, 1.82) is 0 Å². The molecule has 4 rings (SSSR count). The third kappa shape index (κ3) is 7.58. The second kappa shape index (κ2) is 13.5. The molecule has 8 heteroatoms. The molecule has 2 aromatic rings. The topological polar surface area (TPSA) is 77.9 Å². The molecule has 0 spiro atoms. The van der Waals surface area contributed by atoms with Crippen LogP contribution in [0, 0.1) is 5.82 Å². The predicted octanol–water partition coefficient (Wildman–Crippen LogP) is 6.42. The summed E-state index contributed by atoms with van der Waals surface area (Å²) in [6, 6.07) is 6.95. The number of ether oxygens (including phenoxy) is 1. The standard InChI is InChI=1S/C33H49FN4O3/c1-22(2)24-19-27(30(41-6)28(34)20-24)29(32(39)40)37-18-15-26(21-37)38(33(3,4)5)17-9-7-8-12-25-14-13-23-11-10-16-35-31(23)36-25/h13-14,19-20,22,26,29H,7-12,15-18,21H2,1-6H3,(H,35,36)(H,39,40)/t26-,29?/m1/s1. The van der Waals surface area contributed by atoms with Crippen molar-refractivity contribution in [2.45, 2.75) is 103 Å². The maximum atomic E-state index is 15.0. The van der Waals surface area contributed by atoms with Gasteiger partial charge in [-0.2, -0.15) is 0 Å². The Kier molecular flexibility index (Phi) is 10.3. The summed E-state index contributed by atoms with van der Waals surface area (Å²) in [6.07, 6.45) is 7.43. The van der Waals surface area contributed by atoms with Gasteiger partial charge in [-0.3, -0.25) is 14.6 Å². The maximum Gasteiger partial charge on any atom is 0.325 e. The number of halogens is 1. The van der Waals surface area contributed by atoms with E-state index in [9.17, 15) is 14.3 Å². The lowest BCUT2D eigenvalue weighted by Crippen LogP contribution is -2.50. The molecule has 2 N–H and O–H groups in total. The van der Waals surface area contributed by atoms with Crippen LogP contribution in [-0.2, 0) is 17.6 Å². The number of benzene rings is 1. The summed E-state index contributed by atoms with van der Waals surface area (Å²) in [4.78, 5) is 22.0. The number of hydrogen-bond donors (Lipinski definition) is 2. The molecular formula is C33H49FN4O3. The first-order valence-corrected chi connectivity index (χ1v) is 15.3. The molecule has 1 aromatic heterocycles. The first kappa shape index (κ1) is 31.2. The van der Waals surface area contributed by atoms with Crippen LogP contribution in [0.5, 0.6) is 5.75 Å². The molecule has 0 aliphatic carbocycles. The molecule has 2 atom stereocenters. The number of carboxylic acid groups (broad SMARTS) is 1. The molecule has 0 radical (unpaired) electrons. The number of aromatic nitrogens is 1. The zero-order valence-corrected chi connectivity index (χ0v) is 25.8. The van der Waals surface area contributed by atoms with Crippen LogP contribution >= 0.6 is 0 Å². The summed E-state index contributed by atoms with van der Waals surface area (Å²) in [6.45, 7) is 13.9. The highest BCUT2D eigenvalue weighted by molar-refractivity contribution is 5.77. The van der Waals surface area contributed by atoms with Crippen molar-refractivity contribution in [3.63, 3.8) is 0 Å². The van der Waals surface area contributed by atoms with E-state index in [1.807, 2.05) is 24.8 Å². The smallest absolute Gasteiger partial charge is 0.325 e. The summed E-state index contributed by atoms with van der Waals surface area (Å²) in [5.41, 5.74) is 3.61. The second-order valence-electron chi connectivity index (χ2n) is 13.0. The van der Waals surface area contributed by atoms with Crippen LogP contribution in [0.1, 0.15) is 101 Å². The van der Waals surface area contributed by atoms with E-state index in [2.05, 4.69) is 43.1 Å². The van der Waals surface area contributed by atoms with Crippen LogP contribution in [0.2, 0.25) is 0 Å². The van der Waals surface area contributed by atoms with E-state index >= 15 is 0 Å². The van der Waals surface area contributed by atoms with Gasteiger partial charge in [-0.05, 0) is 101 Å². The Balaban J connectivity index is 1.39. The number of anilines is 1. The Morgan fingerprint density at radius 3 is 2.71 bits per heavy atom. The van der Waals surface area contributed by atoms with Gasteiger partial charge in [0.15, 0.2) is 11.6 Å². The molecule has 3 heterocycles. The van der Waals surface area contributed by atoms with Gasteiger partial charge in [-0.25, -0.2) is 9.37 Å². The molecule has 2 aliphatic rings. The fraction of sp³-hybridized carbons (Fsp3) is 0.636. The van der Waals surface area contributed by atoms with Crippen LogP contribution in [0.3, 0.4) is 0 Å². The number of unbranched alkanes of at least 4 members (excludes halogenated alkanes) is 2. The Morgan fingerprint density at radius 1 is 1.24 bits per heavy atom. The predicted molar refractivity (Wildman–Crippen MR) is 162 cm³/mol. The number of pyridine rings is 1. The van der Waals surface area contributed by atoms with Crippen LogP contribution in [0.15, 0.2) is 24.3 Å². The van der Waals surface area contributed by atoms with Gasteiger partial charge in [0.25, 0.3) is 0 Å². The fourth-order valence-corrected chi connectivity index (χ4v) is 6.47. The van der Waals surface area contributed by atoms with Crippen LogP contribution < -0.4 is 10.1 Å². The maximum absolute atomic E-state index is 15.0. The summed E-state index contributed by atoms with van der Waals surface area (Å²) >= 11 is 0. The first-order chi connectivity index (χ1) is 19.5. The molecule has 2 aliphatic heterocycles. The quantitative estimate of drug-likeness (QED) is 0.286. The number of likely N-dealkylation sites (tertiary alicyclic amines) is 1.